The third-order valence-corrected chi connectivity index (χ3v) is 10.1. The van der Waals surface area contributed by atoms with Gasteiger partial charge in [0.2, 0.25) is 11.8 Å². The zero-order valence-corrected chi connectivity index (χ0v) is 27.9. The van der Waals surface area contributed by atoms with Crippen molar-refractivity contribution in [3.63, 3.8) is 0 Å². The van der Waals surface area contributed by atoms with Gasteiger partial charge in [0.15, 0.2) is 0 Å². The van der Waals surface area contributed by atoms with Crippen LogP contribution in [0.1, 0.15) is 35.6 Å². The number of aryl methyl sites for hydroxylation is 2. The number of hydrogen-bond donors (Lipinski definition) is 1. The summed E-state index contributed by atoms with van der Waals surface area (Å²) in [5.74, 6) is -0.758. The highest BCUT2D eigenvalue weighted by Crippen LogP contribution is 2.27. The Morgan fingerprint density at radius 1 is 0.800 bits per heavy atom. The van der Waals surface area contributed by atoms with Crippen molar-refractivity contribution in [1.29, 1.82) is 0 Å². The number of benzene rings is 4. The number of rotatable bonds is 14. The van der Waals surface area contributed by atoms with E-state index in [-0.39, 0.29) is 23.8 Å². The number of nitrogens with zero attached hydrogens (tertiary/aromatic N) is 2. The van der Waals surface area contributed by atoms with Gasteiger partial charge in [-0.2, -0.15) is 0 Å². The van der Waals surface area contributed by atoms with E-state index < -0.39 is 28.5 Å². The summed E-state index contributed by atoms with van der Waals surface area (Å²) < 4.78 is 29.5. The molecule has 4 rings (SSSR count). The van der Waals surface area contributed by atoms with Crippen LogP contribution in [0.2, 0.25) is 0 Å². The van der Waals surface area contributed by atoms with E-state index in [1.54, 1.807) is 36.4 Å². The minimum Gasteiger partial charge on any atom is -0.354 e. The molecule has 0 spiro atoms. The molecule has 7 nitrogen and oxygen atoms in total. The molecule has 0 aliphatic carbocycles. The van der Waals surface area contributed by atoms with Gasteiger partial charge in [-0.3, -0.25) is 13.9 Å². The average Bonchev–Trinajstić information content (AvgIpc) is 3.05. The Morgan fingerprint density at radius 2 is 1.40 bits per heavy atom. The fraction of sp³-hybridized carbons (Fsp3) is 0.278. The summed E-state index contributed by atoms with van der Waals surface area (Å²) in [6.07, 6.45) is 2.94. The number of anilines is 1. The maximum absolute atomic E-state index is 14.5. The van der Waals surface area contributed by atoms with Crippen molar-refractivity contribution < 1.29 is 18.0 Å². The molecule has 2 amide bonds. The zero-order chi connectivity index (χ0) is 32.4. The predicted octanol–water partition coefficient (Wildman–Crippen LogP) is 6.39. The first-order valence-corrected chi connectivity index (χ1v) is 17.7. The summed E-state index contributed by atoms with van der Waals surface area (Å²) >= 11 is 1.52. The van der Waals surface area contributed by atoms with Gasteiger partial charge in [0.05, 0.1) is 10.6 Å². The van der Waals surface area contributed by atoms with Crippen LogP contribution < -0.4 is 9.62 Å². The summed E-state index contributed by atoms with van der Waals surface area (Å²) in [6, 6.07) is 30.2. The Morgan fingerprint density at radius 3 is 1.98 bits per heavy atom. The molecule has 0 bridgehead atoms. The largest absolute Gasteiger partial charge is 0.354 e. The lowest BCUT2D eigenvalue weighted by Gasteiger charge is -2.34. The summed E-state index contributed by atoms with van der Waals surface area (Å²) in [7, 11) is -4.14. The number of sulfonamides is 1. The summed E-state index contributed by atoms with van der Waals surface area (Å²) in [5.41, 5.74) is 4.14. The fourth-order valence-corrected chi connectivity index (χ4v) is 6.75. The van der Waals surface area contributed by atoms with Gasteiger partial charge in [0.1, 0.15) is 12.6 Å². The molecule has 0 unspecified atom stereocenters. The quantitative estimate of drug-likeness (QED) is 0.161. The van der Waals surface area contributed by atoms with Gasteiger partial charge in [-0.1, -0.05) is 84.8 Å². The molecule has 0 saturated heterocycles. The van der Waals surface area contributed by atoms with E-state index in [0.717, 1.165) is 37.9 Å². The van der Waals surface area contributed by atoms with E-state index in [1.165, 1.54) is 16.7 Å². The predicted molar refractivity (Wildman–Crippen MR) is 183 cm³/mol. The number of carbonyl (C=O) groups is 2. The summed E-state index contributed by atoms with van der Waals surface area (Å²) in [5, 5.41) is 2.97. The molecule has 1 atom stereocenters. The smallest absolute Gasteiger partial charge is 0.264 e. The van der Waals surface area contributed by atoms with Gasteiger partial charge in [-0.05, 0) is 74.0 Å². The van der Waals surface area contributed by atoms with Crippen LogP contribution in [-0.2, 0) is 32.6 Å². The molecule has 236 valence electrons. The molecule has 0 heterocycles. The van der Waals surface area contributed by atoms with E-state index >= 15 is 0 Å². The van der Waals surface area contributed by atoms with Gasteiger partial charge in [0.25, 0.3) is 10.0 Å². The Balaban J connectivity index is 1.78. The highest BCUT2D eigenvalue weighted by Gasteiger charge is 2.34. The minimum absolute atomic E-state index is 0.0836. The fourth-order valence-electron chi connectivity index (χ4n) is 4.92. The van der Waals surface area contributed by atoms with E-state index in [9.17, 15) is 18.0 Å². The Labute approximate surface area is 271 Å². The molecular weight excluding hydrogens is 603 g/mol. The molecule has 45 heavy (non-hydrogen) atoms. The van der Waals surface area contributed by atoms with Gasteiger partial charge >= 0.3 is 0 Å². The van der Waals surface area contributed by atoms with E-state index in [0.29, 0.717) is 12.2 Å². The van der Waals surface area contributed by atoms with Crippen LogP contribution in [0.4, 0.5) is 5.69 Å². The van der Waals surface area contributed by atoms with Crippen LogP contribution in [0.5, 0.6) is 0 Å². The Hall–Kier alpha value is -4.08. The molecular formula is C36H41N3O4S2. The Bertz CT molecular complexity index is 1660. The standard InChI is InChI=1S/C36H41N3O4S2/c1-5-23-37-36(41)34(24-29-9-7-6-8-10-29)38(25-30-15-11-27(2)12-16-30)35(40)26-39(31-17-13-28(3)14-18-31)45(42,43)33-21-19-32(44-4)20-22-33/h6-22,34H,5,23-26H2,1-4H3,(H,37,41)/t34-/m0/s1. The molecule has 0 radical (unpaired) electrons. The third kappa shape index (κ3) is 8.99. The van der Waals surface area contributed by atoms with Crippen molar-refractivity contribution in [2.45, 2.75) is 56.0 Å². The van der Waals surface area contributed by atoms with Crippen molar-refractivity contribution >= 4 is 39.3 Å². The van der Waals surface area contributed by atoms with E-state index in [4.69, 9.17) is 0 Å². The van der Waals surface area contributed by atoms with Crippen LogP contribution in [-0.4, -0.2) is 50.5 Å². The monoisotopic (exact) mass is 643 g/mol. The number of thioether (sulfide) groups is 1. The van der Waals surface area contributed by atoms with Crippen LogP contribution in [0.3, 0.4) is 0 Å². The van der Waals surface area contributed by atoms with Crippen molar-refractivity contribution in [3.05, 3.63) is 125 Å². The lowest BCUT2D eigenvalue weighted by Crippen LogP contribution is -2.53. The van der Waals surface area contributed by atoms with Crippen LogP contribution in [0.15, 0.2) is 113 Å². The van der Waals surface area contributed by atoms with Gasteiger partial charge in [0, 0.05) is 24.4 Å². The second-order valence-electron chi connectivity index (χ2n) is 11.0. The van der Waals surface area contributed by atoms with Crippen LogP contribution in [0, 0.1) is 13.8 Å². The maximum Gasteiger partial charge on any atom is 0.264 e. The molecule has 0 aliphatic rings. The zero-order valence-electron chi connectivity index (χ0n) is 26.3. The van der Waals surface area contributed by atoms with Crippen LogP contribution >= 0.6 is 11.8 Å². The summed E-state index contributed by atoms with van der Waals surface area (Å²) in [4.78, 5) is 30.8. The van der Waals surface area contributed by atoms with Crippen LogP contribution in [0.25, 0.3) is 0 Å². The lowest BCUT2D eigenvalue weighted by atomic mass is 10.0. The maximum atomic E-state index is 14.5. The molecule has 4 aromatic carbocycles. The van der Waals surface area contributed by atoms with Crippen molar-refractivity contribution in [2.24, 2.45) is 0 Å². The molecule has 9 heteroatoms. The highest BCUT2D eigenvalue weighted by molar-refractivity contribution is 7.98. The first-order valence-electron chi connectivity index (χ1n) is 15.0. The molecule has 0 aliphatic heterocycles. The molecule has 0 saturated carbocycles. The van der Waals surface area contributed by atoms with Crippen molar-refractivity contribution in [1.82, 2.24) is 10.2 Å². The molecule has 0 aromatic heterocycles. The SMILES string of the molecule is CCCNC(=O)[C@H](Cc1ccccc1)N(Cc1ccc(C)cc1)C(=O)CN(c1ccc(C)cc1)S(=O)(=O)c1ccc(SC)cc1. The molecule has 1 N–H and O–H groups in total. The van der Waals surface area contributed by atoms with Crippen molar-refractivity contribution in [3.8, 4) is 0 Å². The molecule has 4 aromatic rings. The first-order chi connectivity index (χ1) is 21.6. The minimum atomic E-state index is -4.14. The van der Waals surface area contributed by atoms with Crippen molar-refractivity contribution in [2.75, 3.05) is 23.7 Å². The second-order valence-corrected chi connectivity index (χ2v) is 13.8. The number of nitrogens with one attached hydrogen (secondary N) is 1. The topological polar surface area (TPSA) is 86.8 Å². The lowest BCUT2D eigenvalue weighted by molar-refractivity contribution is -0.140. The summed E-state index contributed by atoms with van der Waals surface area (Å²) in [6.45, 7) is 6.00. The van der Waals surface area contributed by atoms with E-state index in [1.807, 2.05) is 93.8 Å². The third-order valence-electron chi connectivity index (χ3n) is 7.54. The number of amides is 2. The van der Waals surface area contributed by atoms with Gasteiger partial charge in [-0.15, -0.1) is 11.8 Å². The van der Waals surface area contributed by atoms with Gasteiger partial charge < -0.3 is 10.2 Å². The van der Waals surface area contributed by atoms with Gasteiger partial charge in [-0.25, -0.2) is 8.42 Å². The van der Waals surface area contributed by atoms with E-state index in [2.05, 4.69) is 5.32 Å². The number of hydrogen-bond acceptors (Lipinski definition) is 5. The highest BCUT2D eigenvalue weighted by atomic mass is 32.2. The average molecular weight is 644 g/mol. The normalized spacial score (nSPS) is 11.9. The molecule has 0 fully saturated rings. The second kappa shape index (κ2) is 15.8. The number of carbonyl (C=O) groups excluding carboxylic acids is 2. The Kier molecular flexibility index (Phi) is 11.8. The first kappa shape index (κ1) is 33.8.